The number of carbonyl (C=O) groups excluding carboxylic acids is 1. The average molecular weight is 462 g/mol. The van der Waals surface area contributed by atoms with E-state index in [0.29, 0.717) is 5.56 Å². The van der Waals surface area contributed by atoms with Crippen LogP contribution in [0.5, 0.6) is 0 Å². The van der Waals surface area contributed by atoms with Crippen LogP contribution in [0.2, 0.25) is 0 Å². The summed E-state index contributed by atoms with van der Waals surface area (Å²) >= 11 is 0. The van der Waals surface area contributed by atoms with Crippen LogP contribution in [0.3, 0.4) is 0 Å². The molecule has 0 bridgehead atoms. The number of ether oxygens (including phenoxy) is 1. The number of hydrogen-bond donors (Lipinski definition) is 3. The van der Waals surface area contributed by atoms with E-state index in [1.54, 1.807) is 0 Å². The summed E-state index contributed by atoms with van der Waals surface area (Å²) < 4.78 is 67.5. The maximum atomic E-state index is 12.7. The van der Waals surface area contributed by atoms with Crippen molar-refractivity contribution in [3.8, 4) is 0 Å². The van der Waals surface area contributed by atoms with Gasteiger partial charge in [0.2, 0.25) is 0 Å². The lowest BCUT2D eigenvalue weighted by Gasteiger charge is -2.18. The van der Waals surface area contributed by atoms with E-state index in [1.807, 2.05) is 0 Å². The molecule has 1 aliphatic heterocycles. The molecule has 1 amide bonds. The lowest BCUT2D eigenvalue weighted by molar-refractivity contribution is -0.221. The van der Waals surface area contributed by atoms with Crippen LogP contribution in [0.4, 0.5) is 27.6 Å². The molecule has 0 radical (unpaired) electrons. The Morgan fingerprint density at radius 1 is 1.28 bits per heavy atom. The highest BCUT2D eigenvalue weighted by Crippen LogP contribution is 2.37. The molecule has 2 heterocycles. The molecule has 0 aliphatic carbocycles. The van der Waals surface area contributed by atoms with Gasteiger partial charge in [0.15, 0.2) is 17.7 Å². The number of alkyl halides is 3. The fraction of sp³-hybridized carbons (Fsp3) is 0.429. The van der Waals surface area contributed by atoms with E-state index in [1.165, 1.54) is 44.3 Å². The first kappa shape index (κ1) is 25.6. The third-order valence-corrected chi connectivity index (χ3v) is 4.74. The van der Waals surface area contributed by atoms with E-state index in [2.05, 4.69) is 10.3 Å². The Bertz CT molecular complexity index is 888. The van der Waals surface area contributed by atoms with Gasteiger partial charge in [-0.05, 0) is 43.0 Å². The van der Waals surface area contributed by atoms with Gasteiger partial charge in [-0.1, -0.05) is 19.1 Å². The molecule has 4 atom stereocenters. The molecule has 176 valence electrons. The Morgan fingerprint density at radius 2 is 1.97 bits per heavy atom. The molecule has 3 rings (SSSR count). The summed E-state index contributed by atoms with van der Waals surface area (Å²) in [6.07, 6.45) is -7.54. The number of rotatable bonds is 4. The van der Waals surface area contributed by atoms with Crippen molar-refractivity contribution in [1.82, 2.24) is 4.98 Å². The molecule has 1 saturated heterocycles. The number of carbonyl (C=O) groups is 1. The Balaban J connectivity index is 0.000000336. The van der Waals surface area contributed by atoms with E-state index in [9.17, 15) is 31.9 Å². The van der Waals surface area contributed by atoms with Crippen LogP contribution in [0.25, 0.3) is 0 Å². The summed E-state index contributed by atoms with van der Waals surface area (Å²) in [5, 5.41) is 20.6. The number of aromatic nitrogens is 1. The number of benzene rings is 1. The third-order valence-electron chi connectivity index (χ3n) is 4.74. The predicted molar refractivity (Wildman–Crippen MR) is 105 cm³/mol. The zero-order valence-electron chi connectivity index (χ0n) is 17.2. The van der Waals surface area contributed by atoms with Gasteiger partial charge < -0.3 is 20.3 Å². The number of pyridine rings is 1. The maximum absolute atomic E-state index is 12.7. The summed E-state index contributed by atoms with van der Waals surface area (Å²) in [7, 11) is 0. The minimum atomic E-state index is -4.50. The van der Waals surface area contributed by atoms with Gasteiger partial charge in [0.1, 0.15) is 12.2 Å². The molecular formula is C21H23F5N2O4. The van der Waals surface area contributed by atoms with E-state index in [-0.39, 0.29) is 17.8 Å². The molecule has 0 saturated carbocycles. The normalized spacial score (nSPS) is 21.5. The fourth-order valence-electron chi connectivity index (χ4n) is 3.00. The quantitative estimate of drug-likeness (QED) is 0.603. The second-order valence-electron chi connectivity index (χ2n) is 7.33. The van der Waals surface area contributed by atoms with Gasteiger partial charge in [0.25, 0.3) is 5.91 Å². The van der Waals surface area contributed by atoms with Gasteiger partial charge >= 0.3 is 6.18 Å². The van der Waals surface area contributed by atoms with E-state index in [0.717, 1.165) is 6.07 Å². The van der Waals surface area contributed by atoms with Crippen molar-refractivity contribution in [2.75, 3.05) is 11.9 Å². The van der Waals surface area contributed by atoms with Gasteiger partial charge in [0.05, 0.1) is 24.2 Å². The first-order chi connectivity index (χ1) is 14.9. The monoisotopic (exact) mass is 462 g/mol. The zero-order chi connectivity index (χ0) is 24.1. The van der Waals surface area contributed by atoms with Gasteiger partial charge in [-0.15, -0.1) is 0 Å². The largest absolute Gasteiger partial charge is 0.414 e. The fourth-order valence-corrected chi connectivity index (χ4v) is 3.00. The van der Waals surface area contributed by atoms with Crippen LogP contribution < -0.4 is 5.32 Å². The zero-order valence-corrected chi connectivity index (χ0v) is 17.2. The number of halogens is 5. The van der Waals surface area contributed by atoms with Crippen molar-refractivity contribution >= 4 is 11.6 Å². The SMILES string of the molecule is CC1CC(C(=O)Nc2ccc(C(O)CO)nc2)OC1C(F)(F)F.Cc1cccc(F)c1F. The van der Waals surface area contributed by atoms with Gasteiger partial charge in [-0.3, -0.25) is 9.78 Å². The second-order valence-corrected chi connectivity index (χ2v) is 7.33. The van der Waals surface area contributed by atoms with E-state index < -0.39 is 54.6 Å². The van der Waals surface area contributed by atoms with E-state index >= 15 is 0 Å². The van der Waals surface area contributed by atoms with Crippen molar-refractivity contribution in [2.24, 2.45) is 5.92 Å². The molecule has 1 fully saturated rings. The molecule has 1 aliphatic rings. The summed E-state index contributed by atoms with van der Waals surface area (Å²) in [4.78, 5) is 15.8. The summed E-state index contributed by atoms with van der Waals surface area (Å²) in [6, 6.07) is 6.93. The topological polar surface area (TPSA) is 91.7 Å². The van der Waals surface area contributed by atoms with Crippen LogP contribution in [0.1, 0.15) is 30.7 Å². The highest BCUT2D eigenvalue weighted by atomic mass is 19.4. The van der Waals surface area contributed by atoms with Crippen LogP contribution in [-0.4, -0.2) is 46.1 Å². The van der Waals surface area contributed by atoms with Crippen LogP contribution in [-0.2, 0) is 9.53 Å². The number of amides is 1. The highest BCUT2D eigenvalue weighted by Gasteiger charge is 2.51. The van der Waals surface area contributed by atoms with Crippen LogP contribution in [0, 0.1) is 24.5 Å². The highest BCUT2D eigenvalue weighted by molar-refractivity contribution is 5.94. The smallest absolute Gasteiger partial charge is 0.393 e. The summed E-state index contributed by atoms with van der Waals surface area (Å²) in [5.74, 6) is -3.01. The first-order valence-electron chi connectivity index (χ1n) is 9.62. The van der Waals surface area contributed by atoms with Gasteiger partial charge in [0, 0.05) is 0 Å². The molecule has 1 aromatic carbocycles. The lowest BCUT2D eigenvalue weighted by Crippen LogP contribution is -2.35. The number of nitrogens with one attached hydrogen (secondary N) is 1. The molecule has 6 nitrogen and oxygen atoms in total. The van der Waals surface area contributed by atoms with Crippen molar-refractivity contribution in [2.45, 2.75) is 44.8 Å². The molecule has 4 unspecified atom stereocenters. The Labute approximate surface area is 181 Å². The Kier molecular flexibility index (Phi) is 8.65. The van der Waals surface area contributed by atoms with Crippen molar-refractivity contribution in [3.05, 3.63) is 59.4 Å². The first-order valence-corrected chi connectivity index (χ1v) is 9.62. The third kappa shape index (κ3) is 6.68. The number of aryl methyl sites for hydroxylation is 1. The van der Waals surface area contributed by atoms with Gasteiger partial charge in [-0.2, -0.15) is 13.2 Å². The lowest BCUT2D eigenvalue weighted by atomic mass is 10.0. The van der Waals surface area contributed by atoms with Gasteiger partial charge in [-0.25, -0.2) is 8.78 Å². The molecule has 1 aromatic heterocycles. The number of nitrogens with zero attached hydrogens (tertiary/aromatic N) is 1. The maximum Gasteiger partial charge on any atom is 0.414 e. The van der Waals surface area contributed by atoms with Crippen molar-refractivity contribution in [3.63, 3.8) is 0 Å². The number of hydrogen-bond acceptors (Lipinski definition) is 5. The number of anilines is 1. The molecule has 0 spiro atoms. The minimum Gasteiger partial charge on any atom is -0.393 e. The molecule has 32 heavy (non-hydrogen) atoms. The average Bonchev–Trinajstić information content (AvgIpc) is 3.15. The number of aliphatic hydroxyl groups is 2. The molecular weight excluding hydrogens is 439 g/mol. The summed E-state index contributed by atoms with van der Waals surface area (Å²) in [5.41, 5.74) is 0.818. The Hall–Kier alpha value is -2.63. The summed E-state index contributed by atoms with van der Waals surface area (Å²) in [6.45, 7) is 2.42. The van der Waals surface area contributed by atoms with Crippen LogP contribution in [0.15, 0.2) is 36.5 Å². The second kappa shape index (κ2) is 10.8. The molecule has 3 N–H and O–H groups in total. The predicted octanol–water partition coefficient (Wildman–Crippen LogP) is 3.67. The van der Waals surface area contributed by atoms with Crippen molar-refractivity contribution < 1.29 is 41.7 Å². The molecule has 11 heteroatoms. The minimum absolute atomic E-state index is 0.0231. The number of aliphatic hydroxyl groups excluding tert-OH is 2. The standard InChI is InChI=1S/C14H17F3N2O4.C7H6F2/c1-7-4-11(23-12(7)14(15,16)17)13(22)19-8-2-3-9(18-5-8)10(21)6-20;1-5-3-2-4-6(8)7(5)9/h2-3,5,7,10-12,20-21H,4,6H2,1H3,(H,19,22);2-4H,1H3. The molecule has 2 aromatic rings. The Morgan fingerprint density at radius 3 is 2.44 bits per heavy atom. The van der Waals surface area contributed by atoms with E-state index in [4.69, 9.17) is 9.84 Å². The van der Waals surface area contributed by atoms with Crippen molar-refractivity contribution in [1.29, 1.82) is 0 Å². The van der Waals surface area contributed by atoms with Crippen LogP contribution >= 0.6 is 0 Å².